The van der Waals surface area contributed by atoms with Gasteiger partial charge in [0.1, 0.15) is 0 Å². The van der Waals surface area contributed by atoms with Gasteiger partial charge >= 0.3 is 0 Å². The summed E-state index contributed by atoms with van der Waals surface area (Å²) in [5.41, 5.74) is 0.574. The Morgan fingerprint density at radius 3 is 2.41 bits per heavy atom. The Labute approximate surface area is 105 Å². The van der Waals surface area contributed by atoms with Crippen LogP contribution in [0.4, 0.5) is 5.69 Å². The molecule has 1 aromatic carbocycles. The van der Waals surface area contributed by atoms with E-state index in [1.54, 1.807) is 0 Å². The molecule has 0 fully saturated rings. The average Bonchev–Trinajstić information content (AvgIpc) is 2.78. The number of alkyl halides is 2. The third kappa shape index (κ3) is 2.54. The van der Waals surface area contributed by atoms with E-state index >= 15 is 0 Å². The molecule has 0 saturated carbocycles. The summed E-state index contributed by atoms with van der Waals surface area (Å²) < 4.78 is 4.80. The number of rotatable bonds is 3. The van der Waals surface area contributed by atoms with Gasteiger partial charge in [-0.25, -0.2) is 0 Å². The highest BCUT2D eigenvalue weighted by Gasteiger charge is 2.15. The molecule has 2 rings (SSSR count). The van der Waals surface area contributed by atoms with Crippen LogP contribution >= 0.6 is 23.2 Å². The molecule has 1 aromatic heterocycles. The Hall–Kier alpha value is -1.66. The fourth-order valence-corrected chi connectivity index (χ4v) is 1.35. The summed E-state index contributed by atoms with van der Waals surface area (Å²) in [5.74, 6) is 0.364. The molecule has 0 aliphatic rings. The monoisotopic (exact) mass is 273 g/mol. The van der Waals surface area contributed by atoms with Gasteiger partial charge in [0, 0.05) is 17.7 Å². The van der Waals surface area contributed by atoms with Gasteiger partial charge in [0.05, 0.1) is 4.92 Å². The maximum atomic E-state index is 10.5. The van der Waals surface area contributed by atoms with Crippen LogP contribution in [0.1, 0.15) is 10.7 Å². The normalized spacial score (nSPS) is 10.8. The number of nitro groups is 1. The van der Waals surface area contributed by atoms with Crippen LogP contribution in [-0.2, 0) is 0 Å². The van der Waals surface area contributed by atoms with Gasteiger partial charge in [-0.1, -0.05) is 28.4 Å². The molecule has 0 unspecified atom stereocenters. The Bertz CT molecular complexity index is 539. The minimum atomic E-state index is -0.894. The van der Waals surface area contributed by atoms with Crippen LogP contribution in [-0.4, -0.2) is 15.1 Å². The van der Waals surface area contributed by atoms with Crippen molar-refractivity contribution in [3.8, 4) is 11.4 Å². The van der Waals surface area contributed by atoms with E-state index in [1.165, 1.54) is 24.3 Å². The molecule has 88 valence electrons. The van der Waals surface area contributed by atoms with E-state index in [1.807, 2.05) is 0 Å². The van der Waals surface area contributed by atoms with Gasteiger partial charge in [0.15, 0.2) is 4.84 Å². The molecule has 0 spiro atoms. The van der Waals surface area contributed by atoms with Crippen molar-refractivity contribution in [2.24, 2.45) is 0 Å². The van der Waals surface area contributed by atoms with Crippen LogP contribution in [0.5, 0.6) is 0 Å². The largest absolute Gasteiger partial charge is 0.336 e. The predicted molar refractivity (Wildman–Crippen MR) is 60.8 cm³/mol. The standard InChI is InChI=1S/C9H5Cl2N3O3/c10-7(11)9-12-8(13-17-9)5-1-3-6(4-2-5)14(15)16/h1-4,7H. The Morgan fingerprint density at radius 2 is 1.94 bits per heavy atom. The van der Waals surface area contributed by atoms with Gasteiger partial charge in [-0.3, -0.25) is 10.1 Å². The fraction of sp³-hybridized carbons (Fsp3) is 0.111. The first-order chi connectivity index (χ1) is 8.08. The number of benzene rings is 1. The number of halogens is 2. The minimum Gasteiger partial charge on any atom is -0.336 e. The lowest BCUT2D eigenvalue weighted by molar-refractivity contribution is -0.384. The molecule has 0 saturated heterocycles. The molecule has 0 aliphatic heterocycles. The number of aromatic nitrogens is 2. The lowest BCUT2D eigenvalue weighted by Gasteiger charge is -1.93. The smallest absolute Gasteiger partial charge is 0.269 e. The maximum Gasteiger partial charge on any atom is 0.269 e. The molecule has 0 atom stereocenters. The van der Waals surface area contributed by atoms with Crippen LogP contribution < -0.4 is 0 Å². The van der Waals surface area contributed by atoms with E-state index in [0.29, 0.717) is 5.56 Å². The molecule has 6 nitrogen and oxygen atoms in total. The van der Waals surface area contributed by atoms with E-state index < -0.39 is 9.76 Å². The van der Waals surface area contributed by atoms with E-state index in [0.717, 1.165) is 0 Å². The lowest BCUT2D eigenvalue weighted by atomic mass is 10.2. The van der Waals surface area contributed by atoms with E-state index in [4.69, 9.17) is 27.7 Å². The summed E-state index contributed by atoms with van der Waals surface area (Å²) in [7, 11) is 0. The van der Waals surface area contributed by atoms with E-state index in [9.17, 15) is 10.1 Å². The number of hydrogen-bond acceptors (Lipinski definition) is 5. The first-order valence-corrected chi connectivity index (χ1v) is 5.32. The van der Waals surface area contributed by atoms with Gasteiger partial charge in [0.25, 0.3) is 11.6 Å². The van der Waals surface area contributed by atoms with Crippen LogP contribution in [0.25, 0.3) is 11.4 Å². The minimum absolute atomic E-state index is 0.00923. The molecule has 0 bridgehead atoms. The van der Waals surface area contributed by atoms with Crippen LogP contribution in [0.2, 0.25) is 0 Å². The second-order valence-corrected chi connectivity index (χ2v) is 4.16. The molecule has 8 heteroatoms. The molecular formula is C9H5Cl2N3O3. The lowest BCUT2D eigenvalue weighted by Crippen LogP contribution is -1.88. The van der Waals surface area contributed by atoms with Crippen molar-refractivity contribution < 1.29 is 9.45 Å². The SMILES string of the molecule is O=[N+]([O-])c1ccc(-c2noc(C(Cl)Cl)n2)cc1. The summed E-state index contributed by atoms with van der Waals surface area (Å²) in [5, 5.41) is 14.1. The molecular weight excluding hydrogens is 269 g/mol. The molecule has 0 aliphatic carbocycles. The number of hydrogen-bond donors (Lipinski definition) is 0. The zero-order chi connectivity index (χ0) is 12.4. The maximum absolute atomic E-state index is 10.5. The van der Waals surface area contributed by atoms with Crippen molar-refractivity contribution in [1.82, 2.24) is 10.1 Å². The zero-order valence-electron chi connectivity index (χ0n) is 8.21. The Morgan fingerprint density at radius 1 is 1.29 bits per heavy atom. The summed E-state index contributed by atoms with van der Waals surface area (Å²) in [6.07, 6.45) is 0. The summed E-state index contributed by atoms with van der Waals surface area (Å²) in [4.78, 5) is 13.0. The van der Waals surface area contributed by atoms with Crippen LogP contribution in [0, 0.1) is 10.1 Å². The van der Waals surface area contributed by atoms with Crippen molar-refractivity contribution in [3.63, 3.8) is 0 Å². The number of non-ortho nitro benzene ring substituents is 1. The second-order valence-electron chi connectivity index (χ2n) is 3.06. The Balaban J connectivity index is 2.30. The van der Waals surface area contributed by atoms with E-state index in [2.05, 4.69) is 10.1 Å². The average molecular weight is 274 g/mol. The summed E-state index contributed by atoms with van der Waals surface area (Å²) >= 11 is 11.1. The zero-order valence-corrected chi connectivity index (χ0v) is 9.72. The third-order valence-electron chi connectivity index (χ3n) is 1.96. The number of nitrogens with zero attached hydrogens (tertiary/aromatic N) is 3. The highest BCUT2D eigenvalue weighted by atomic mass is 35.5. The molecule has 2 aromatic rings. The predicted octanol–water partition coefficient (Wildman–Crippen LogP) is 3.12. The molecule has 0 N–H and O–H groups in total. The van der Waals surface area contributed by atoms with Crippen LogP contribution in [0.3, 0.4) is 0 Å². The highest BCUT2D eigenvalue weighted by molar-refractivity contribution is 6.43. The van der Waals surface area contributed by atoms with Crippen molar-refractivity contribution in [2.75, 3.05) is 0 Å². The molecule has 0 amide bonds. The van der Waals surface area contributed by atoms with Gasteiger partial charge < -0.3 is 4.52 Å². The first-order valence-electron chi connectivity index (χ1n) is 4.44. The van der Waals surface area contributed by atoms with Crippen molar-refractivity contribution in [1.29, 1.82) is 0 Å². The topological polar surface area (TPSA) is 82.1 Å². The van der Waals surface area contributed by atoms with Gasteiger partial charge in [0.2, 0.25) is 5.82 Å². The Kier molecular flexibility index (Phi) is 3.26. The molecule has 0 radical (unpaired) electrons. The molecule has 1 heterocycles. The van der Waals surface area contributed by atoms with Gasteiger partial charge in [-0.15, -0.1) is 0 Å². The summed E-state index contributed by atoms with van der Waals surface area (Å²) in [6, 6.07) is 5.74. The second kappa shape index (κ2) is 4.68. The fourth-order valence-electron chi connectivity index (χ4n) is 1.17. The highest BCUT2D eigenvalue weighted by Crippen LogP contribution is 2.26. The first kappa shape index (κ1) is 11.8. The van der Waals surface area contributed by atoms with Crippen molar-refractivity contribution in [3.05, 3.63) is 40.3 Å². The quantitative estimate of drug-likeness (QED) is 0.487. The number of nitro benzene ring substituents is 1. The van der Waals surface area contributed by atoms with Gasteiger partial charge in [-0.2, -0.15) is 4.98 Å². The van der Waals surface area contributed by atoms with Crippen LogP contribution in [0.15, 0.2) is 28.8 Å². The van der Waals surface area contributed by atoms with Crippen molar-refractivity contribution in [2.45, 2.75) is 4.84 Å². The van der Waals surface area contributed by atoms with E-state index in [-0.39, 0.29) is 17.4 Å². The molecule has 17 heavy (non-hydrogen) atoms. The van der Waals surface area contributed by atoms with Gasteiger partial charge in [-0.05, 0) is 12.1 Å². The third-order valence-corrected chi connectivity index (χ3v) is 2.34. The summed E-state index contributed by atoms with van der Waals surface area (Å²) in [6.45, 7) is 0. The van der Waals surface area contributed by atoms with Crippen molar-refractivity contribution >= 4 is 28.9 Å².